The van der Waals surface area contributed by atoms with Gasteiger partial charge in [0.25, 0.3) is 5.91 Å². The molecule has 0 bridgehead atoms. The van der Waals surface area contributed by atoms with Gasteiger partial charge >= 0.3 is 0 Å². The summed E-state index contributed by atoms with van der Waals surface area (Å²) in [4.78, 5) is 14.5. The molecule has 19 heavy (non-hydrogen) atoms. The molecule has 1 amide bonds. The van der Waals surface area contributed by atoms with Crippen LogP contribution in [0.3, 0.4) is 0 Å². The quantitative estimate of drug-likeness (QED) is 0.894. The Morgan fingerprint density at radius 3 is 2.95 bits per heavy atom. The zero-order chi connectivity index (χ0) is 14.0. The molecular formula is C14H18BrClN2O. The monoisotopic (exact) mass is 344 g/mol. The van der Waals surface area contributed by atoms with Gasteiger partial charge in [-0.2, -0.15) is 0 Å². The first-order valence-electron chi connectivity index (χ1n) is 6.50. The van der Waals surface area contributed by atoms with Crippen molar-refractivity contribution in [1.29, 1.82) is 0 Å². The largest absolute Gasteiger partial charge is 0.334 e. The smallest absolute Gasteiger partial charge is 0.254 e. The fourth-order valence-corrected chi connectivity index (χ4v) is 3.08. The molecular weight excluding hydrogens is 328 g/mol. The van der Waals surface area contributed by atoms with Crippen LogP contribution in [0.5, 0.6) is 0 Å². The Morgan fingerprint density at radius 1 is 1.58 bits per heavy atom. The van der Waals surface area contributed by atoms with Crippen molar-refractivity contribution in [1.82, 2.24) is 4.90 Å². The number of amides is 1. The van der Waals surface area contributed by atoms with E-state index >= 15 is 0 Å². The molecule has 1 aliphatic rings. The summed E-state index contributed by atoms with van der Waals surface area (Å²) < 4.78 is 0.799. The summed E-state index contributed by atoms with van der Waals surface area (Å²) in [7, 11) is 0. The summed E-state index contributed by atoms with van der Waals surface area (Å²) in [5.41, 5.74) is 6.45. The zero-order valence-electron chi connectivity index (χ0n) is 10.9. The Labute approximate surface area is 127 Å². The van der Waals surface area contributed by atoms with Gasteiger partial charge in [-0.15, -0.1) is 0 Å². The van der Waals surface area contributed by atoms with Crippen LogP contribution in [-0.4, -0.2) is 29.9 Å². The standard InChI is InChI=1S/C14H18BrClN2O/c1-9-3-2-6-18(13(9)8-17)14(19)10-4-5-11(15)12(16)7-10/h4-5,7,9,13H,2-3,6,8,17H2,1H3. The third kappa shape index (κ3) is 3.12. The van der Waals surface area contributed by atoms with Crippen LogP contribution in [0.1, 0.15) is 30.1 Å². The second-order valence-electron chi connectivity index (χ2n) is 5.05. The SMILES string of the molecule is CC1CCCN(C(=O)c2ccc(Br)c(Cl)c2)C1CN. The van der Waals surface area contributed by atoms with Gasteiger partial charge in [0.1, 0.15) is 0 Å². The number of hydrogen-bond donors (Lipinski definition) is 1. The number of likely N-dealkylation sites (tertiary alicyclic amines) is 1. The van der Waals surface area contributed by atoms with E-state index in [1.165, 1.54) is 0 Å². The van der Waals surface area contributed by atoms with E-state index in [1.807, 2.05) is 4.90 Å². The van der Waals surface area contributed by atoms with Gasteiger partial charge < -0.3 is 10.6 Å². The normalized spacial score (nSPS) is 23.5. The van der Waals surface area contributed by atoms with Gasteiger partial charge in [-0.25, -0.2) is 0 Å². The highest BCUT2D eigenvalue weighted by Gasteiger charge is 2.31. The fourth-order valence-electron chi connectivity index (χ4n) is 2.66. The van der Waals surface area contributed by atoms with E-state index in [0.29, 0.717) is 23.0 Å². The first-order chi connectivity index (χ1) is 9.04. The van der Waals surface area contributed by atoms with Crippen LogP contribution in [0.4, 0.5) is 0 Å². The number of piperidine rings is 1. The molecule has 0 radical (unpaired) electrons. The highest BCUT2D eigenvalue weighted by atomic mass is 79.9. The van der Waals surface area contributed by atoms with Crippen molar-refractivity contribution >= 4 is 33.4 Å². The third-order valence-corrected chi connectivity index (χ3v) is 5.02. The minimum absolute atomic E-state index is 0.0244. The third-order valence-electron chi connectivity index (χ3n) is 3.78. The lowest BCUT2D eigenvalue weighted by atomic mass is 9.90. The molecule has 104 valence electrons. The van der Waals surface area contributed by atoms with Crippen molar-refractivity contribution in [2.75, 3.05) is 13.1 Å². The second kappa shape index (κ2) is 6.25. The molecule has 2 N–H and O–H groups in total. The van der Waals surface area contributed by atoms with Gasteiger partial charge in [-0.05, 0) is 52.9 Å². The van der Waals surface area contributed by atoms with Crippen molar-refractivity contribution < 1.29 is 4.79 Å². The predicted octanol–water partition coefficient (Wildman–Crippen LogP) is 3.30. The minimum atomic E-state index is 0.0244. The Kier molecular flexibility index (Phi) is 4.87. The van der Waals surface area contributed by atoms with Crippen molar-refractivity contribution in [2.45, 2.75) is 25.8 Å². The number of hydrogen-bond acceptors (Lipinski definition) is 2. The van der Waals surface area contributed by atoms with Crippen LogP contribution in [-0.2, 0) is 0 Å². The van der Waals surface area contributed by atoms with Crippen LogP contribution in [0.15, 0.2) is 22.7 Å². The molecule has 0 aromatic heterocycles. The molecule has 1 aliphatic heterocycles. The van der Waals surface area contributed by atoms with E-state index in [4.69, 9.17) is 17.3 Å². The highest BCUT2D eigenvalue weighted by molar-refractivity contribution is 9.10. The van der Waals surface area contributed by atoms with Crippen LogP contribution in [0, 0.1) is 5.92 Å². The van der Waals surface area contributed by atoms with Crippen LogP contribution in [0.25, 0.3) is 0 Å². The molecule has 3 nitrogen and oxygen atoms in total. The molecule has 1 heterocycles. The predicted molar refractivity (Wildman–Crippen MR) is 81.4 cm³/mol. The van der Waals surface area contributed by atoms with Crippen LogP contribution >= 0.6 is 27.5 Å². The Morgan fingerprint density at radius 2 is 2.32 bits per heavy atom. The first-order valence-corrected chi connectivity index (χ1v) is 7.67. The molecule has 1 saturated heterocycles. The molecule has 5 heteroatoms. The van der Waals surface area contributed by atoms with E-state index in [2.05, 4.69) is 22.9 Å². The summed E-state index contributed by atoms with van der Waals surface area (Å²) >= 11 is 9.39. The number of rotatable bonds is 2. The molecule has 2 atom stereocenters. The number of halogens is 2. The molecule has 1 fully saturated rings. The summed E-state index contributed by atoms with van der Waals surface area (Å²) in [6.45, 7) is 3.45. The maximum Gasteiger partial charge on any atom is 0.254 e. The number of carbonyl (C=O) groups excluding carboxylic acids is 1. The molecule has 0 aliphatic carbocycles. The number of carbonyl (C=O) groups is 1. The van der Waals surface area contributed by atoms with Crippen molar-refractivity contribution in [3.05, 3.63) is 33.3 Å². The van der Waals surface area contributed by atoms with E-state index in [-0.39, 0.29) is 11.9 Å². The average Bonchev–Trinajstić information content (AvgIpc) is 2.40. The summed E-state index contributed by atoms with van der Waals surface area (Å²) in [5, 5.41) is 0.556. The maximum atomic E-state index is 12.6. The summed E-state index contributed by atoms with van der Waals surface area (Å²) in [6, 6.07) is 5.44. The number of nitrogens with two attached hydrogens (primary N) is 1. The van der Waals surface area contributed by atoms with Gasteiger partial charge in [0, 0.05) is 29.2 Å². The molecule has 2 unspecified atom stereocenters. The van der Waals surface area contributed by atoms with E-state index in [0.717, 1.165) is 23.9 Å². The molecule has 0 saturated carbocycles. The van der Waals surface area contributed by atoms with Crippen LogP contribution < -0.4 is 5.73 Å². The molecule has 2 rings (SSSR count). The molecule has 1 aromatic carbocycles. The average molecular weight is 346 g/mol. The lowest BCUT2D eigenvalue weighted by Crippen LogP contribution is -2.51. The van der Waals surface area contributed by atoms with Crippen LogP contribution in [0.2, 0.25) is 5.02 Å². The van der Waals surface area contributed by atoms with Gasteiger partial charge in [0.05, 0.1) is 5.02 Å². The number of benzene rings is 1. The Bertz CT molecular complexity index is 481. The van der Waals surface area contributed by atoms with Crippen molar-refractivity contribution in [2.24, 2.45) is 11.7 Å². The van der Waals surface area contributed by atoms with Crippen molar-refractivity contribution in [3.63, 3.8) is 0 Å². The minimum Gasteiger partial charge on any atom is -0.334 e. The maximum absolute atomic E-state index is 12.6. The molecule has 0 spiro atoms. The topological polar surface area (TPSA) is 46.3 Å². The second-order valence-corrected chi connectivity index (χ2v) is 6.31. The van der Waals surface area contributed by atoms with Gasteiger partial charge in [0.2, 0.25) is 0 Å². The van der Waals surface area contributed by atoms with E-state index < -0.39 is 0 Å². The summed E-state index contributed by atoms with van der Waals surface area (Å²) in [6.07, 6.45) is 2.17. The molecule has 1 aromatic rings. The van der Waals surface area contributed by atoms with E-state index in [9.17, 15) is 4.79 Å². The number of nitrogens with zero attached hydrogens (tertiary/aromatic N) is 1. The van der Waals surface area contributed by atoms with E-state index in [1.54, 1.807) is 18.2 Å². The Balaban J connectivity index is 2.24. The Hall–Kier alpha value is -0.580. The van der Waals surface area contributed by atoms with Gasteiger partial charge in [-0.1, -0.05) is 18.5 Å². The lowest BCUT2D eigenvalue weighted by Gasteiger charge is -2.39. The zero-order valence-corrected chi connectivity index (χ0v) is 13.2. The fraction of sp³-hybridized carbons (Fsp3) is 0.500. The highest BCUT2D eigenvalue weighted by Crippen LogP contribution is 2.27. The van der Waals surface area contributed by atoms with Gasteiger partial charge in [0.15, 0.2) is 0 Å². The lowest BCUT2D eigenvalue weighted by molar-refractivity contribution is 0.0532. The summed E-state index contributed by atoms with van der Waals surface area (Å²) in [5.74, 6) is 0.477. The van der Waals surface area contributed by atoms with Gasteiger partial charge in [-0.3, -0.25) is 4.79 Å². The first kappa shape index (κ1) is 14.8. The van der Waals surface area contributed by atoms with Crippen molar-refractivity contribution in [3.8, 4) is 0 Å².